The van der Waals surface area contributed by atoms with Gasteiger partial charge in [0.25, 0.3) is 0 Å². The number of hydrogen-bond donors (Lipinski definition) is 1. The van der Waals surface area contributed by atoms with E-state index in [1.165, 1.54) is 12.1 Å². The number of nitrogens with zero attached hydrogens (tertiary/aromatic N) is 1. The minimum Gasteiger partial charge on any atom is -0.508 e. The fraction of sp³-hybridized carbons (Fsp3) is 0.188. The smallest absolute Gasteiger partial charge is 0.142 e. The monoisotopic (exact) mass is 271 g/mol. The summed E-state index contributed by atoms with van der Waals surface area (Å²) >= 11 is 0. The van der Waals surface area contributed by atoms with Gasteiger partial charge in [-0.25, -0.2) is 4.39 Å². The van der Waals surface area contributed by atoms with Crippen LogP contribution in [-0.4, -0.2) is 17.4 Å². The first-order valence-electron chi connectivity index (χ1n) is 6.47. The van der Waals surface area contributed by atoms with Crippen LogP contribution in [0.15, 0.2) is 48.5 Å². The number of carbonyl (C=O) groups is 1. The second-order valence-corrected chi connectivity index (χ2v) is 4.93. The predicted molar refractivity (Wildman–Crippen MR) is 74.2 cm³/mol. The molecule has 1 fully saturated rings. The molecule has 1 aliphatic rings. The Balaban J connectivity index is 1.90. The molecule has 1 heterocycles. The molecule has 2 aromatic carbocycles. The van der Waals surface area contributed by atoms with E-state index >= 15 is 0 Å². The Morgan fingerprint density at radius 1 is 1.10 bits per heavy atom. The van der Waals surface area contributed by atoms with Crippen molar-refractivity contribution in [2.24, 2.45) is 0 Å². The van der Waals surface area contributed by atoms with Crippen LogP contribution in [0.4, 0.5) is 10.1 Å². The van der Waals surface area contributed by atoms with E-state index in [0.29, 0.717) is 0 Å². The summed E-state index contributed by atoms with van der Waals surface area (Å²) in [4.78, 5) is 13.1. The highest BCUT2D eigenvalue weighted by Crippen LogP contribution is 2.42. The number of aromatic hydroxyl groups is 1. The van der Waals surface area contributed by atoms with Gasteiger partial charge in [0, 0.05) is 5.69 Å². The summed E-state index contributed by atoms with van der Waals surface area (Å²) in [5, 5.41) is 9.33. The maximum absolute atomic E-state index is 13.0. The van der Waals surface area contributed by atoms with Crippen molar-refractivity contribution in [2.45, 2.75) is 18.5 Å². The Hall–Kier alpha value is -2.36. The van der Waals surface area contributed by atoms with Gasteiger partial charge in [-0.15, -0.1) is 0 Å². The lowest BCUT2D eigenvalue weighted by molar-refractivity contribution is -0.110. The van der Waals surface area contributed by atoms with E-state index < -0.39 is 0 Å². The molecule has 2 atom stereocenters. The van der Waals surface area contributed by atoms with Gasteiger partial charge in [0.05, 0.1) is 12.1 Å². The summed E-state index contributed by atoms with van der Waals surface area (Å²) in [5.41, 5.74) is 1.86. The van der Waals surface area contributed by atoms with E-state index in [0.717, 1.165) is 24.0 Å². The van der Waals surface area contributed by atoms with E-state index in [1.54, 1.807) is 24.3 Å². The molecule has 0 bridgehead atoms. The number of carbonyl (C=O) groups excluding carboxylic acids is 1. The highest BCUT2D eigenvalue weighted by molar-refractivity contribution is 5.71. The highest BCUT2D eigenvalue weighted by atomic mass is 19.1. The lowest BCUT2D eigenvalue weighted by Crippen LogP contribution is -2.51. The second kappa shape index (κ2) is 4.96. The lowest BCUT2D eigenvalue weighted by Gasteiger charge is -2.48. The lowest BCUT2D eigenvalue weighted by atomic mass is 9.87. The van der Waals surface area contributed by atoms with Crippen molar-refractivity contribution in [3.05, 3.63) is 59.9 Å². The highest BCUT2D eigenvalue weighted by Gasteiger charge is 2.39. The quantitative estimate of drug-likeness (QED) is 0.872. The first-order chi connectivity index (χ1) is 9.69. The van der Waals surface area contributed by atoms with Crippen LogP contribution in [0.1, 0.15) is 18.0 Å². The Bertz CT molecular complexity index is 609. The molecule has 1 unspecified atom stereocenters. The molecule has 102 valence electrons. The number of halogens is 1. The summed E-state index contributed by atoms with van der Waals surface area (Å²) < 4.78 is 13.0. The molecular weight excluding hydrogens is 257 g/mol. The van der Waals surface area contributed by atoms with Gasteiger partial charge in [-0.3, -0.25) is 0 Å². The zero-order chi connectivity index (χ0) is 14.1. The van der Waals surface area contributed by atoms with Crippen LogP contribution in [0, 0.1) is 5.82 Å². The molecule has 1 N–H and O–H groups in total. The summed E-state index contributed by atoms with van der Waals surface area (Å²) in [5.74, 6) is -0.0774. The van der Waals surface area contributed by atoms with E-state index in [-0.39, 0.29) is 23.7 Å². The van der Waals surface area contributed by atoms with Crippen LogP contribution >= 0.6 is 0 Å². The molecule has 0 amide bonds. The second-order valence-electron chi connectivity index (χ2n) is 4.93. The topological polar surface area (TPSA) is 40.5 Å². The first-order valence-corrected chi connectivity index (χ1v) is 6.47. The Kier molecular flexibility index (Phi) is 3.14. The van der Waals surface area contributed by atoms with E-state index in [9.17, 15) is 14.3 Å². The number of benzene rings is 2. The van der Waals surface area contributed by atoms with Crippen molar-refractivity contribution >= 4 is 12.0 Å². The number of anilines is 1. The fourth-order valence-corrected chi connectivity index (χ4v) is 2.65. The molecule has 0 saturated carbocycles. The fourth-order valence-electron chi connectivity index (χ4n) is 2.65. The van der Waals surface area contributed by atoms with E-state index in [2.05, 4.69) is 0 Å². The molecule has 2 aromatic rings. The van der Waals surface area contributed by atoms with Gasteiger partial charge in [0.2, 0.25) is 0 Å². The predicted octanol–water partition coefficient (Wildman–Crippen LogP) is 3.05. The Morgan fingerprint density at radius 2 is 1.75 bits per heavy atom. The number of rotatable bonds is 3. The number of aldehydes is 1. The first kappa shape index (κ1) is 12.7. The van der Waals surface area contributed by atoms with Gasteiger partial charge >= 0.3 is 0 Å². The SMILES string of the molecule is O=CC1C[C@@H](c2ccc(O)cc2)N1c1ccc(F)cc1. The number of phenolic OH excluding ortho intramolecular Hbond substituents is 1. The molecule has 4 heteroatoms. The molecule has 0 aliphatic carbocycles. The van der Waals surface area contributed by atoms with Crippen LogP contribution in [0.25, 0.3) is 0 Å². The van der Waals surface area contributed by atoms with Gasteiger partial charge in [0.1, 0.15) is 17.9 Å². The van der Waals surface area contributed by atoms with Crippen LogP contribution in [0.2, 0.25) is 0 Å². The average molecular weight is 271 g/mol. The molecule has 1 aliphatic heterocycles. The van der Waals surface area contributed by atoms with Crippen molar-refractivity contribution in [1.82, 2.24) is 0 Å². The summed E-state index contributed by atoms with van der Waals surface area (Å²) in [6.07, 6.45) is 1.64. The summed E-state index contributed by atoms with van der Waals surface area (Å²) in [6.45, 7) is 0. The third-order valence-electron chi connectivity index (χ3n) is 3.72. The van der Waals surface area contributed by atoms with Gasteiger partial charge < -0.3 is 14.8 Å². The van der Waals surface area contributed by atoms with Crippen molar-refractivity contribution in [3.8, 4) is 5.75 Å². The average Bonchev–Trinajstić information content (AvgIpc) is 2.43. The van der Waals surface area contributed by atoms with Gasteiger partial charge in [-0.05, 0) is 48.4 Å². The normalized spacial score (nSPS) is 21.4. The molecule has 3 rings (SSSR count). The van der Waals surface area contributed by atoms with E-state index in [1.807, 2.05) is 17.0 Å². The Morgan fingerprint density at radius 3 is 2.35 bits per heavy atom. The van der Waals surface area contributed by atoms with Gasteiger partial charge in [-0.2, -0.15) is 0 Å². The maximum atomic E-state index is 13.0. The van der Waals surface area contributed by atoms with Gasteiger partial charge in [-0.1, -0.05) is 12.1 Å². The van der Waals surface area contributed by atoms with Crippen LogP contribution < -0.4 is 4.90 Å². The standard InChI is InChI=1S/C16H14FNO2/c17-12-3-5-13(6-4-12)18-14(10-19)9-16(18)11-1-7-15(20)8-2-11/h1-8,10,14,16,20H,9H2/t14?,16-/m0/s1. The van der Waals surface area contributed by atoms with Crippen molar-refractivity contribution in [1.29, 1.82) is 0 Å². The minimum absolute atomic E-state index is 0.0799. The molecular formula is C16H14FNO2. The molecule has 0 aromatic heterocycles. The summed E-state index contributed by atoms with van der Waals surface area (Å²) in [7, 11) is 0. The molecule has 1 saturated heterocycles. The largest absolute Gasteiger partial charge is 0.508 e. The van der Waals surface area contributed by atoms with Crippen molar-refractivity contribution < 1.29 is 14.3 Å². The third kappa shape index (κ3) is 2.13. The van der Waals surface area contributed by atoms with Crippen LogP contribution in [0.3, 0.4) is 0 Å². The Labute approximate surface area is 116 Å². The molecule has 0 spiro atoms. The summed E-state index contributed by atoms with van der Waals surface area (Å²) in [6, 6.07) is 13.0. The van der Waals surface area contributed by atoms with Crippen molar-refractivity contribution in [3.63, 3.8) is 0 Å². The molecule has 20 heavy (non-hydrogen) atoms. The third-order valence-corrected chi connectivity index (χ3v) is 3.72. The minimum atomic E-state index is -0.293. The van der Waals surface area contributed by atoms with Crippen LogP contribution in [0.5, 0.6) is 5.75 Å². The maximum Gasteiger partial charge on any atom is 0.142 e. The zero-order valence-electron chi connectivity index (χ0n) is 10.7. The number of hydrogen-bond acceptors (Lipinski definition) is 3. The van der Waals surface area contributed by atoms with Crippen LogP contribution in [-0.2, 0) is 4.79 Å². The number of phenols is 1. The van der Waals surface area contributed by atoms with Gasteiger partial charge in [0.15, 0.2) is 0 Å². The molecule has 3 nitrogen and oxygen atoms in total. The van der Waals surface area contributed by atoms with E-state index in [4.69, 9.17) is 0 Å². The molecule has 0 radical (unpaired) electrons. The zero-order valence-corrected chi connectivity index (χ0v) is 10.7. The van der Waals surface area contributed by atoms with Crippen molar-refractivity contribution in [2.75, 3.05) is 4.90 Å².